The topological polar surface area (TPSA) is 70.7 Å². The third-order valence-corrected chi connectivity index (χ3v) is 5.58. The van der Waals surface area contributed by atoms with Crippen molar-refractivity contribution in [2.45, 2.75) is 25.4 Å². The maximum Gasteiger partial charge on any atom is 0.259 e. The molecule has 1 atom stereocenters. The third kappa shape index (κ3) is 4.91. The van der Waals surface area contributed by atoms with Crippen molar-refractivity contribution in [3.63, 3.8) is 0 Å². The van der Waals surface area contributed by atoms with E-state index in [1.165, 1.54) is 0 Å². The first-order valence-electron chi connectivity index (χ1n) is 10.8. The van der Waals surface area contributed by atoms with Crippen LogP contribution in [0, 0.1) is 0 Å². The Morgan fingerprint density at radius 1 is 1.00 bits per heavy atom. The standard InChI is InChI=1S/C26H27N3O3/c1-32-22-14-8-13-21(17-22)27-18-25(30)28-24-16-7-12-19-9-5-6-15-23(19)29(24)26(31)20-10-3-2-4-11-20/h2-6,8-11,13-15,17,24,27H,7,12,16,18H2,1H3,(H,28,30). The summed E-state index contributed by atoms with van der Waals surface area (Å²) in [5.74, 6) is 0.421. The SMILES string of the molecule is COc1cccc(NCC(=O)NC2CCCc3ccccc3N2C(=O)c2ccccc2)c1. The van der Waals surface area contributed by atoms with Crippen LogP contribution in [0.4, 0.5) is 11.4 Å². The van der Waals surface area contributed by atoms with E-state index in [1.807, 2.05) is 60.7 Å². The number of benzene rings is 3. The third-order valence-electron chi connectivity index (χ3n) is 5.58. The average molecular weight is 430 g/mol. The van der Waals surface area contributed by atoms with E-state index in [2.05, 4.69) is 16.7 Å². The second kappa shape index (κ2) is 10.0. The van der Waals surface area contributed by atoms with E-state index < -0.39 is 6.17 Å². The molecule has 0 spiro atoms. The van der Waals surface area contributed by atoms with E-state index in [1.54, 1.807) is 24.1 Å². The highest BCUT2D eigenvalue weighted by atomic mass is 16.5. The molecule has 0 aromatic heterocycles. The van der Waals surface area contributed by atoms with Crippen molar-refractivity contribution in [1.29, 1.82) is 0 Å². The number of carbonyl (C=O) groups is 2. The fraction of sp³-hybridized carbons (Fsp3) is 0.231. The zero-order valence-corrected chi connectivity index (χ0v) is 18.1. The van der Waals surface area contributed by atoms with Crippen LogP contribution in [-0.4, -0.2) is 31.6 Å². The van der Waals surface area contributed by atoms with Crippen LogP contribution in [0.1, 0.15) is 28.8 Å². The zero-order chi connectivity index (χ0) is 22.3. The van der Waals surface area contributed by atoms with Crippen LogP contribution in [0.25, 0.3) is 0 Å². The number of amides is 2. The molecule has 0 fully saturated rings. The summed E-state index contributed by atoms with van der Waals surface area (Å²) in [5.41, 5.74) is 3.36. The summed E-state index contributed by atoms with van der Waals surface area (Å²) in [6.07, 6.45) is 2.00. The highest BCUT2D eigenvalue weighted by Crippen LogP contribution is 2.30. The maximum atomic E-state index is 13.5. The number of anilines is 2. The summed E-state index contributed by atoms with van der Waals surface area (Å²) in [6, 6.07) is 24.5. The molecule has 164 valence electrons. The van der Waals surface area contributed by atoms with Crippen LogP contribution >= 0.6 is 0 Å². The molecule has 0 bridgehead atoms. The fourth-order valence-corrected chi connectivity index (χ4v) is 4.00. The zero-order valence-electron chi connectivity index (χ0n) is 18.1. The minimum absolute atomic E-state index is 0.0959. The number of fused-ring (bicyclic) bond motifs is 1. The molecule has 1 heterocycles. The molecule has 3 aromatic carbocycles. The highest BCUT2D eigenvalue weighted by molar-refractivity contribution is 6.07. The van der Waals surface area contributed by atoms with Crippen molar-refractivity contribution < 1.29 is 14.3 Å². The van der Waals surface area contributed by atoms with Gasteiger partial charge in [0.2, 0.25) is 5.91 Å². The van der Waals surface area contributed by atoms with Crippen molar-refractivity contribution >= 4 is 23.2 Å². The average Bonchev–Trinajstić information content (AvgIpc) is 3.02. The number of ether oxygens (including phenoxy) is 1. The molecule has 6 heteroatoms. The molecule has 3 aromatic rings. The van der Waals surface area contributed by atoms with Gasteiger partial charge in [0, 0.05) is 23.0 Å². The summed E-state index contributed by atoms with van der Waals surface area (Å²) in [4.78, 5) is 28.1. The van der Waals surface area contributed by atoms with Gasteiger partial charge in [0.05, 0.1) is 13.7 Å². The number of rotatable bonds is 6. The van der Waals surface area contributed by atoms with Gasteiger partial charge in [-0.1, -0.05) is 42.5 Å². The summed E-state index contributed by atoms with van der Waals surface area (Å²) >= 11 is 0. The van der Waals surface area contributed by atoms with Crippen LogP contribution in [0.3, 0.4) is 0 Å². The quantitative estimate of drug-likeness (QED) is 0.615. The van der Waals surface area contributed by atoms with Gasteiger partial charge < -0.3 is 15.4 Å². The maximum absolute atomic E-state index is 13.5. The van der Waals surface area contributed by atoms with Crippen LogP contribution < -0.4 is 20.3 Å². The smallest absolute Gasteiger partial charge is 0.259 e. The van der Waals surface area contributed by atoms with Crippen LogP contribution in [0.5, 0.6) is 5.75 Å². The van der Waals surface area contributed by atoms with Gasteiger partial charge in [0.25, 0.3) is 5.91 Å². The van der Waals surface area contributed by atoms with Gasteiger partial charge in [-0.15, -0.1) is 0 Å². The molecular formula is C26H27N3O3. The van der Waals surface area contributed by atoms with Crippen LogP contribution in [0.2, 0.25) is 0 Å². The van der Waals surface area contributed by atoms with Crippen LogP contribution in [0.15, 0.2) is 78.9 Å². The molecule has 2 amide bonds. The number of hydrogen-bond acceptors (Lipinski definition) is 4. The van der Waals surface area contributed by atoms with Crippen molar-refractivity contribution in [3.8, 4) is 5.75 Å². The molecule has 32 heavy (non-hydrogen) atoms. The van der Waals surface area contributed by atoms with Gasteiger partial charge in [0.1, 0.15) is 11.9 Å². The predicted octanol–water partition coefficient (Wildman–Crippen LogP) is 4.23. The van der Waals surface area contributed by atoms with Gasteiger partial charge >= 0.3 is 0 Å². The lowest BCUT2D eigenvalue weighted by Crippen LogP contribution is -2.52. The van der Waals surface area contributed by atoms with Crippen molar-refractivity contribution in [2.75, 3.05) is 23.9 Å². The number of para-hydroxylation sites is 1. The Bertz CT molecular complexity index is 1080. The minimum atomic E-state index is -0.425. The second-order valence-corrected chi connectivity index (χ2v) is 7.73. The Balaban J connectivity index is 1.54. The number of nitrogens with zero attached hydrogens (tertiary/aromatic N) is 1. The molecule has 1 aliphatic heterocycles. The number of methoxy groups -OCH3 is 1. The molecule has 4 rings (SSSR count). The van der Waals surface area contributed by atoms with E-state index in [9.17, 15) is 9.59 Å². The van der Waals surface area contributed by atoms with Gasteiger partial charge in [-0.05, 0) is 55.2 Å². The van der Waals surface area contributed by atoms with E-state index in [0.717, 1.165) is 35.5 Å². The normalized spacial score (nSPS) is 15.3. The first kappa shape index (κ1) is 21.4. The predicted molar refractivity (Wildman–Crippen MR) is 126 cm³/mol. The van der Waals surface area contributed by atoms with E-state index in [-0.39, 0.29) is 18.4 Å². The molecule has 1 unspecified atom stereocenters. The van der Waals surface area contributed by atoms with Crippen molar-refractivity contribution in [1.82, 2.24) is 5.32 Å². The Kier molecular flexibility index (Phi) is 6.70. The minimum Gasteiger partial charge on any atom is -0.497 e. The molecule has 2 N–H and O–H groups in total. The van der Waals surface area contributed by atoms with Crippen molar-refractivity contribution in [3.05, 3.63) is 90.0 Å². The summed E-state index contributed by atoms with van der Waals surface area (Å²) in [5, 5.41) is 6.20. The monoisotopic (exact) mass is 429 g/mol. The summed E-state index contributed by atoms with van der Waals surface area (Å²) in [7, 11) is 1.61. The number of hydrogen-bond donors (Lipinski definition) is 2. The Hall–Kier alpha value is -3.80. The lowest BCUT2D eigenvalue weighted by molar-refractivity contribution is -0.120. The highest BCUT2D eigenvalue weighted by Gasteiger charge is 2.31. The molecule has 1 aliphatic rings. The molecule has 0 aliphatic carbocycles. The lowest BCUT2D eigenvalue weighted by Gasteiger charge is -2.32. The molecule has 0 radical (unpaired) electrons. The van der Waals surface area contributed by atoms with Gasteiger partial charge in [-0.25, -0.2) is 0 Å². The molecule has 6 nitrogen and oxygen atoms in total. The van der Waals surface area contributed by atoms with Gasteiger partial charge in [-0.3, -0.25) is 14.5 Å². The Labute approximate surface area is 188 Å². The van der Waals surface area contributed by atoms with E-state index in [0.29, 0.717) is 12.0 Å². The van der Waals surface area contributed by atoms with Crippen LogP contribution in [-0.2, 0) is 11.2 Å². The number of nitrogens with one attached hydrogen (secondary N) is 2. The van der Waals surface area contributed by atoms with E-state index in [4.69, 9.17) is 4.74 Å². The first-order chi connectivity index (χ1) is 15.7. The summed E-state index contributed by atoms with van der Waals surface area (Å²) < 4.78 is 5.23. The number of aryl methyl sites for hydroxylation is 1. The fourth-order valence-electron chi connectivity index (χ4n) is 4.00. The Morgan fingerprint density at radius 3 is 2.59 bits per heavy atom. The Morgan fingerprint density at radius 2 is 1.78 bits per heavy atom. The van der Waals surface area contributed by atoms with Gasteiger partial charge in [-0.2, -0.15) is 0 Å². The van der Waals surface area contributed by atoms with Gasteiger partial charge in [0.15, 0.2) is 0 Å². The largest absolute Gasteiger partial charge is 0.497 e. The molecular weight excluding hydrogens is 402 g/mol. The number of carbonyl (C=O) groups excluding carboxylic acids is 2. The summed E-state index contributed by atoms with van der Waals surface area (Å²) in [6.45, 7) is 0.0959. The first-order valence-corrected chi connectivity index (χ1v) is 10.8. The van der Waals surface area contributed by atoms with Crippen molar-refractivity contribution in [2.24, 2.45) is 0 Å². The second-order valence-electron chi connectivity index (χ2n) is 7.73. The molecule has 0 saturated heterocycles. The molecule has 0 saturated carbocycles. The lowest BCUT2D eigenvalue weighted by atomic mass is 10.1. The van der Waals surface area contributed by atoms with E-state index >= 15 is 0 Å².